The van der Waals surface area contributed by atoms with Crippen molar-refractivity contribution in [1.29, 1.82) is 0 Å². The quantitative estimate of drug-likeness (QED) is 0.878. The Morgan fingerprint density at radius 3 is 2.88 bits per heavy atom. The highest BCUT2D eigenvalue weighted by Crippen LogP contribution is 2.19. The highest BCUT2D eigenvalue weighted by molar-refractivity contribution is 7.12. The monoisotopic (exact) mass is 236 g/mol. The van der Waals surface area contributed by atoms with E-state index in [1.165, 1.54) is 11.3 Å². The summed E-state index contributed by atoms with van der Waals surface area (Å²) in [6, 6.07) is 0. The highest BCUT2D eigenvalue weighted by Gasteiger charge is 2.13. The van der Waals surface area contributed by atoms with Gasteiger partial charge >= 0.3 is 0 Å². The zero-order valence-corrected chi connectivity index (χ0v) is 10.6. The molecule has 0 fully saturated rings. The van der Waals surface area contributed by atoms with Crippen LogP contribution in [0.15, 0.2) is 11.6 Å². The molecule has 0 amide bonds. The van der Waals surface area contributed by atoms with Crippen LogP contribution in [0, 0.1) is 13.8 Å². The minimum Gasteiger partial charge on any atom is -0.319 e. The van der Waals surface area contributed by atoms with Gasteiger partial charge in [0.1, 0.15) is 0 Å². The molecular weight excluding hydrogens is 220 g/mol. The summed E-state index contributed by atoms with van der Waals surface area (Å²) in [6.45, 7) is 5.14. The van der Waals surface area contributed by atoms with E-state index in [1.54, 1.807) is 11.3 Å². The lowest BCUT2D eigenvalue weighted by atomic mass is 10.1. The van der Waals surface area contributed by atoms with Gasteiger partial charge in [0, 0.05) is 17.3 Å². The molecule has 0 bridgehead atoms. The summed E-state index contributed by atoms with van der Waals surface area (Å²) in [7, 11) is 1.97. The number of thiazole rings is 1. The lowest BCUT2D eigenvalue weighted by molar-refractivity contribution is 0.783. The van der Waals surface area contributed by atoms with Crippen LogP contribution in [0.1, 0.15) is 17.0 Å². The molecule has 0 aliphatic carbocycles. The third kappa shape index (κ3) is 2.01. The number of hydrogen-bond donors (Lipinski definition) is 1. The summed E-state index contributed by atoms with van der Waals surface area (Å²) in [5.74, 6) is 0. The fourth-order valence-electron chi connectivity index (χ4n) is 1.79. The first-order valence-electron chi connectivity index (χ1n) is 5.33. The van der Waals surface area contributed by atoms with Crippen molar-refractivity contribution < 1.29 is 0 Å². The first kappa shape index (κ1) is 11.3. The number of likely N-dealkylation sites (N-methyl/N-ethyl adjacent to an activating group) is 1. The predicted octanol–water partition coefficient (Wildman–Crippen LogP) is 1.71. The molecule has 0 saturated carbocycles. The van der Waals surface area contributed by atoms with Crippen LogP contribution in [0.4, 0.5) is 0 Å². The number of aromatic nitrogens is 3. The average Bonchev–Trinajstić information content (AvgIpc) is 2.86. The van der Waals surface area contributed by atoms with Crippen molar-refractivity contribution >= 4 is 11.3 Å². The zero-order chi connectivity index (χ0) is 11.5. The molecule has 2 aromatic heterocycles. The molecule has 5 heteroatoms. The van der Waals surface area contributed by atoms with Gasteiger partial charge in [-0.25, -0.2) is 9.67 Å². The van der Waals surface area contributed by atoms with Crippen LogP contribution in [0.2, 0.25) is 0 Å². The molecule has 0 unspecified atom stereocenters. The Hall–Kier alpha value is -1.20. The first-order chi connectivity index (χ1) is 7.74. The maximum absolute atomic E-state index is 4.54. The maximum atomic E-state index is 4.54. The minimum atomic E-state index is 0.941. The number of aryl methyl sites for hydroxylation is 1. The molecule has 0 spiro atoms. The van der Waals surface area contributed by atoms with Crippen molar-refractivity contribution in [3.05, 3.63) is 28.5 Å². The van der Waals surface area contributed by atoms with Crippen LogP contribution in [-0.4, -0.2) is 28.4 Å². The molecule has 1 N–H and O–H groups in total. The van der Waals surface area contributed by atoms with E-state index in [2.05, 4.69) is 29.2 Å². The van der Waals surface area contributed by atoms with Crippen LogP contribution >= 0.6 is 11.3 Å². The predicted molar refractivity (Wildman–Crippen MR) is 66.3 cm³/mol. The van der Waals surface area contributed by atoms with E-state index in [0.29, 0.717) is 0 Å². The third-order valence-corrected chi connectivity index (χ3v) is 3.41. The molecule has 16 heavy (non-hydrogen) atoms. The second kappa shape index (κ2) is 4.76. The Labute approximate surface area is 99.3 Å². The molecule has 0 aliphatic heterocycles. The van der Waals surface area contributed by atoms with E-state index in [1.807, 2.05) is 23.3 Å². The molecular formula is C11H16N4S. The van der Waals surface area contributed by atoms with Crippen LogP contribution < -0.4 is 5.32 Å². The molecule has 2 heterocycles. The summed E-state index contributed by atoms with van der Waals surface area (Å²) in [5.41, 5.74) is 3.62. The molecule has 2 rings (SSSR count). The lowest BCUT2D eigenvalue weighted by Crippen LogP contribution is -2.11. The average molecular weight is 236 g/mol. The highest BCUT2D eigenvalue weighted by atomic mass is 32.1. The standard InChI is InChI=1S/C11H16N4S/c1-8-10(4-5-12-3)9(2)15(14-8)11-13-6-7-16-11/h6-7,12H,4-5H2,1-3H3. The normalized spacial score (nSPS) is 10.9. The fourth-order valence-corrected chi connectivity index (χ4v) is 2.44. The second-order valence-corrected chi connectivity index (χ2v) is 4.60. The van der Waals surface area contributed by atoms with Crippen molar-refractivity contribution in [1.82, 2.24) is 20.1 Å². The largest absolute Gasteiger partial charge is 0.319 e. The molecule has 86 valence electrons. The van der Waals surface area contributed by atoms with Crippen molar-refractivity contribution in [3.63, 3.8) is 0 Å². The Morgan fingerprint density at radius 1 is 1.44 bits per heavy atom. The van der Waals surface area contributed by atoms with Crippen LogP contribution in [0.3, 0.4) is 0 Å². The van der Waals surface area contributed by atoms with Gasteiger partial charge in [-0.05, 0) is 39.4 Å². The van der Waals surface area contributed by atoms with Crippen molar-refractivity contribution in [2.45, 2.75) is 20.3 Å². The number of nitrogens with zero attached hydrogens (tertiary/aromatic N) is 3. The van der Waals surface area contributed by atoms with Crippen molar-refractivity contribution in [3.8, 4) is 5.13 Å². The van der Waals surface area contributed by atoms with Gasteiger partial charge in [0.15, 0.2) is 0 Å². The topological polar surface area (TPSA) is 42.7 Å². The first-order valence-corrected chi connectivity index (χ1v) is 6.21. The van der Waals surface area contributed by atoms with Crippen LogP contribution in [0.5, 0.6) is 0 Å². The van der Waals surface area contributed by atoms with Crippen LogP contribution in [-0.2, 0) is 6.42 Å². The van der Waals surface area contributed by atoms with E-state index < -0.39 is 0 Å². The number of nitrogens with one attached hydrogen (secondary N) is 1. The summed E-state index contributed by atoms with van der Waals surface area (Å²) >= 11 is 1.61. The molecule has 0 aliphatic rings. The van der Waals surface area contributed by atoms with E-state index >= 15 is 0 Å². The van der Waals surface area contributed by atoms with Gasteiger partial charge in [0.2, 0.25) is 5.13 Å². The third-order valence-electron chi connectivity index (χ3n) is 2.67. The van der Waals surface area contributed by atoms with Crippen LogP contribution in [0.25, 0.3) is 5.13 Å². The summed E-state index contributed by atoms with van der Waals surface area (Å²) in [6.07, 6.45) is 2.82. The Bertz CT molecular complexity index is 459. The van der Waals surface area contributed by atoms with Gasteiger partial charge in [-0.15, -0.1) is 11.3 Å². The number of hydrogen-bond acceptors (Lipinski definition) is 4. The molecule has 0 saturated heterocycles. The Kier molecular flexibility index (Phi) is 3.36. The minimum absolute atomic E-state index is 0.941. The summed E-state index contributed by atoms with van der Waals surface area (Å²) < 4.78 is 1.94. The van der Waals surface area contributed by atoms with Crippen molar-refractivity contribution in [2.24, 2.45) is 0 Å². The van der Waals surface area contributed by atoms with E-state index in [-0.39, 0.29) is 0 Å². The zero-order valence-electron chi connectivity index (χ0n) is 9.82. The molecule has 0 aromatic carbocycles. The fraction of sp³-hybridized carbons (Fsp3) is 0.455. The molecule has 0 atom stereocenters. The summed E-state index contributed by atoms with van der Waals surface area (Å²) in [4.78, 5) is 4.29. The lowest BCUT2D eigenvalue weighted by Gasteiger charge is -2.01. The van der Waals surface area contributed by atoms with Gasteiger partial charge < -0.3 is 5.32 Å². The van der Waals surface area contributed by atoms with Gasteiger partial charge in [-0.1, -0.05) is 0 Å². The van der Waals surface area contributed by atoms with Gasteiger partial charge in [-0.3, -0.25) is 0 Å². The van der Waals surface area contributed by atoms with Gasteiger partial charge in [0.25, 0.3) is 0 Å². The molecule has 2 aromatic rings. The second-order valence-electron chi connectivity index (χ2n) is 3.73. The van der Waals surface area contributed by atoms with E-state index in [0.717, 1.165) is 23.8 Å². The van der Waals surface area contributed by atoms with Crippen molar-refractivity contribution in [2.75, 3.05) is 13.6 Å². The van der Waals surface area contributed by atoms with E-state index in [4.69, 9.17) is 0 Å². The summed E-state index contributed by atoms with van der Waals surface area (Å²) in [5, 5.41) is 10.6. The molecule has 0 radical (unpaired) electrons. The smallest absolute Gasteiger partial charge is 0.210 e. The van der Waals surface area contributed by atoms with Gasteiger partial charge in [-0.2, -0.15) is 5.10 Å². The maximum Gasteiger partial charge on any atom is 0.210 e. The number of rotatable bonds is 4. The Morgan fingerprint density at radius 2 is 2.25 bits per heavy atom. The SMILES string of the molecule is CNCCc1c(C)nn(-c2nccs2)c1C. The molecule has 4 nitrogen and oxygen atoms in total. The Balaban J connectivity index is 2.35. The van der Waals surface area contributed by atoms with E-state index in [9.17, 15) is 0 Å². The van der Waals surface area contributed by atoms with Gasteiger partial charge in [0.05, 0.1) is 5.69 Å².